The molecule has 1 aliphatic rings. The van der Waals surface area contributed by atoms with Gasteiger partial charge in [0, 0.05) is 36.9 Å². The molecule has 3 heterocycles. The molecular formula is C14H16N4O2S. The Kier molecular flexibility index (Phi) is 3.69. The molecule has 0 N–H and O–H groups in total. The first-order chi connectivity index (χ1) is 10.1. The first-order valence-corrected chi connectivity index (χ1v) is 8.60. The van der Waals surface area contributed by atoms with Crippen LogP contribution in [0.1, 0.15) is 24.6 Å². The Morgan fingerprint density at radius 2 is 2.05 bits per heavy atom. The minimum Gasteiger partial charge on any atom is -0.264 e. The molecule has 6 nitrogen and oxygen atoms in total. The van der Waals surface area contributed by atoms with Gasteiger partial charge in [0.25, 0.3) is 0 Å². The number of sulfonamides is 1. The van der Waals surface area contributed by atoms with E-state index in [1.54, 1.807) is 24.8 Å². The Balaban J connectivity index is 2.08. The van der Waals surface area contributed by atoms with Crippen molar-refractivity contribution >= 4 is 10.0 Å². The molecule has 0 amide bonds. The molecule has 2 aromatic rings. The molecule has 2 aromatic heterocycles. The average Bonchev–Trinajstić information content (AvgIpc) is 2.98. The van der Waals surface area contributed by atoms with E-state index in [-0.39, 0.29) is 6.04 Å². The van der Waals surface area contributed by atoms with Crippen LogP contribution in [0.25, 0.3) is 11.3 Å². The number of hydrogen-bond acceptors (Lipinski definition) is 5. The summed E-state index contributed by atoms with van der Waals surface area (Å²) in [5.74, 6) is 0. The van der Waals surface area contributed by atoms with Crippen molar-refractivity contribution < 1.29 is 8.42 Å². The van der Waals surface area contributed by atoms with Crippen LogP contribution in [0.4, 0.5) is 0 Å². The highest BCUT2D eigenvalue weighted by atomic mass is 32.2. The maximum absolute atomic E-state index is 11.9. The SMILES string of the molecule is CS(=O)(=O)N1CCCC1c1nccnc1-c1cccnc1. The van der Waals surface area contributed by atoms with Crippen molar-refractivity contribution in [2.24, 2.45) is 0 Å². The van der Waals surface area contributed by atoms with Gasteiger partial charge in [-0.2, -0.15) is 4.31 Å². The van der Waals surface area contributed by atoms with E-state index in [1.165, 1.54) is 10.6 Å². The summed E-state index contributed by atoms with van der Waals surface area (Å²) >= 11 is 0. The maximum atomic E-state index is 11.9. The molecule has 0 bridgehead atoms. The van der Waals surface area contributed by atoms with E-state index >= 15 is 0 Å². The zero-order valence-corrected chi connectivity index (χ0v) is 12.5. The molecule has 7 heteroatoms. The van der Waals surface area contributed by atoms with Gasteiger partial charge in [-0.1, -0.05) is 0 Å². The van der Waals surface area contributed by atoms with Crippen LogP contribution in [-0.2, 0) is 10.0 Å². The first kappa shape index (κ1) is 14.1. The van der Waals surface area contributed by atoms with Gasteiger partial charge in [0.1, 0.15) is 0 Å². The number of aromatic nitrogens is 3. The van der Waals surface area contributed by atoms with Gasteiger partial charge in [-0.3, -0.25) is 15.0 Å². The smallest absolute Gasteiger partial charge is 0.211 e. The summed E-state index contributed by atoms with van der Waals surface area (Å²) in [6.07, 6.45) is 9.47. The van der Waals surface area contributed by atoms with Gasteiger partial charge in [-0.05, 0) is 25.0 Å². The number of pyridine rings is 1. The summed E-state index contributed by atoms with van der Waals surface area (Å²) in [7, 11) is -3.25. The van der Waals surface area contributed by atoms with Crippen molar-refractivity contribution in [3.8, 4) is 11.3 Å². The van der Waals surface area contributed by atoms with E-state index < -0.39 is 10.0 Å². The number of nitrogens with zero attached hydrogens (tertiary/aromatic N) is 4. The molecule has 110 valence electrons. The molecule has 0 aliphatic carbocycles. The van der Waals surface area contributed by atoms with Crippen molar-refractivity contribution in [3.05, 3.63) is 42.6 Å². The third-order valence-corrected chi connectivity index (χ3v) is 4.90. The zero-order valence-electron chi connectivity index (χ0n) is 11.7. The fourth-order valence-corrected chi connectivity index (χ4v) is 3.86. The van der Waals surface area contributed by atoms with Crippen LogP contribution >= 0.6 is 0 Å². The molecule has 0 saturated carbocycles. The normalized spacial score (nSPS) is 19.8. The second kappa shape index (κ2) is 5.50. The molecular weight excluding hydrogens is 288 g/mol. The van der Waals surface area contributed by atoms with Crippen molar-refractivity contribution in [2.75, 3.05) is 12.8 Å². The van der Waals surface area contributed by atoms with Crippen molar-refractivity contribution in [2.45, 2.75) is 18.9 Å². The Labute approximate surface area is 123 Å². The topological polar surface area (TPSA) is 76.1 Å². The van der Waals surface area contributed by atoms with Gasteiger partial charge in [-0.25, -0.2) is 8.42 Å². The highest BCUT2D eigenvalue weighted by molar-refractivity contribution is 7.88. The second-order valence-electron chi connectivity index (χ2n) is 5.06. The summed E-state index contributed by atoms with van der Waals surface area (Å²) in [6.45, 7) is 0.534. The lowest BCUT2D eigenvalue weighted by atomic mass is 10.1. The largest absolute Gasteiger partial charge is 0.264 e. The summed E-state index contributed by atoms with van der Waals surface area (Å²) in [5.41, 5.74) is 2.25. The van der Waals surface area contributed by atoms with Gasteiger partial charge in [0.05, 0.1) is 23.7 Å². The summed E-state index contributed by atoms with van der Waals surface area (Å²) in [5, 5.41) is 0. The molecule has 0 aromatic carbocycles. The third-order valence-electron chi connectivity index (χ3n) is 3.61. The van der Waals surface area contributed by atoms with Gasteiger partial charge in [-0.15, -0.1) is 0 Å². The quantitative estimate of drug-likeness (QED) is 0.861. The number of rotatable bonds is 3. The van der Waals surface area contributed by atoms with E-state index in [0.717, 1.165) is 18.4 Å². The van der Waals surface area contributed by atoms with E-state index in [4.69, 9.17) is 0 Å². The fraction of sp³-hybridized carbons (Fsp3) is 0.357. The Bertz CT molecular complexity index is 734. The van der Waals surface area contributed by atoms with E-state index in [2.05, 4.69) is 15.0 Å². The van der Waals surface area contributed by atoms with Crippen LogP contribution in [0.15, 0.2) is 36.9 Å². The lowest BCUT2D eigenvalue weighted by molar-refractivity contribution is 0.394. The van der Waals surface area contributed by atoms with E-state index in [0.29, 0.717) is 17.9 Å². The predicted octanol–water partition coefficient (Wildman–Crippen LogP) is 1.64. The molecule has 3 rings (SSSR count). The monoisotopic (exact) mass is 304 g/mol. The lowest BCUT2D eigenvalue weighted by Gasteiger charge is -2.23. The summed E-state index contributed by atoms with van der Waals surface area (Å²) < 4.78 is 25.4. The second-order valence-corrected chi connectivity index (χ2v) is 7.00. The average molecular weight is 304 g/mol. The fourth-order valence-electron chi connectivity index (χ4n) is 2.73. The maximum Gasteiger partial charge on any atom is 0.211 e. The van der Waals surface area contributed by atoms with E-state index in [1.807, 2.05) is 12.1 Å². The first-order valence-electron chi connectivity index (χ1n) is 6.75. The van der Waals surface area contributed by atoms with Crippen LogP contribution in [-0.4, -0.2) is 40.5 Å². The third kappa shape index (κ3) is 2.79. The molecule has 1 atom stereocenters. The Hall–Kier alpha value is -1.86. The van der Waals surface area contributed by atoms with Crippen LogP contribution in [0.5, 0.6) is 0 Å². The Morgan fingerprint density at radius 1 is 1.24 bits per heavy atom. The van der Waals surface area contributed by atoms with Crippen molar-refractivity contribution in [3.63, 3.8) is 0 Å². The zero-order chi connectivity index (χ0) is 14.9. The van der Waals surface area contributed by atoms with Crippen molar-refractivity contribution in [1.29, 1.82) is 0 Å². The van der Waals surface area contributed by atoms with Gasteiger partial charge in [0.2, 0.25) is 10.0 Å². The van der Waals surface area contributed by atoms with Crippen LogP contribution in [0, 0.1) is 0 Å². The molecule has 0 radical (unpaired) electrons. The van der Waals surface area contributed by atoms with Gasteiger partial charge in [0.15, 0.2) is 0 Å². The summed E-state index contributed by atoms with van der Waals surface area (Å²) in [6, 6.07) is 3.49. The molecule has 1 fully saturated rings. The van der Waals surface area contributed by atoms with Crippen molar-refractivity contribution in [1.82, 2.24) is 19.3 Å². The van der Waals surface area contributed by atoms with Crippen LogP contribution in [0.2, 0.25) is 0 Å². The molecule has 0 spiro atoms. The molecule has 1 saturated heterocycles. The van der Waals surface area contributed by atoms with E-state index in [9.17, 15) is 8.42 Å². The van der Waals surface area contributed by atoms with Crippen LogP contribution in [0.3, 0.4) is 0 Å². The minimum atomic E-state index is -3.25. The number of hydrogen-bond donors (Lipinski definition) is 0. The van der Waals surface area contributed by atoms with Gasteiger partial charge < -0.3 is 0 Å². The predicted molar refractivity (Wildman–Crippen MR) is 78.8 cm³/mol. The molecule has 1 aliphatic heterocycles. The highest BCUT2D eigenvalue weighted by Gasteiger charge is 2.35. The minimum absolute atomic E-state index is 0.246. The molecule has 1 unspecified atom stereocenters. The highest BCUT2D eigenvalue weighted by Crippen LogP contribution is 2.36. The summed E-state index contributed by atoms with van der Waals surface area (Å²) in [4.78, 5) is 12.9. The van der Waals surface area contributed by atoms with Crippen LogP contribution < -0.4 is 0 Å². The molecule has 21 heavy (non-hydrogen) atoms. The standard InChI is InChI=1S/C14H16N4O2S/c1-21(19,20)18-9-3-5-12(18)14-13(16-7-8-17-14)11-4-2-6-15-10-11/h2,4,6-8,10,12H,3,5,9H2,1H3. The van der Waals surface area contributed by atoms with Gasteiger partial charge >= 0.3 is 0 Å². The Morgan fingerprint density at radius 3 is 2.76 bits per heavy atom. The lowest BCUT2D eigenvalue weighted by Crippen LogP contribution is -2.30.